The molecule has 0 aliphatic carbocycles. The summed E-state index contributed by atoms with van der Waals surface area (Å²) in [5, 5.41) is 11.2. The van der Waals surface area contributed by atoms with Crippen LogP contribution in [0.15, 0.2) is 23.8 Å². The molecular weight excluding hydrogens is 610 g/mol. The maximum Gasteiger partial charge on any atom is 0.325 e. The Hall–Kier alpha value is -3.16. The Labute approximate surface area is 247 Å². The van der Waals surface area contributed by atoms with Gasteiger partial charge in [0.1, 0.15) is 30.3 Å². The average Bonchev–Trinajstić information content (AvgIpc) is 3.66. The molecule has 0 radical (unpaired) electrons. The Morgan fingerprint density at radius 2 is 2.02 bits per heavy atom. The van der Waals surface area contributed by atoms with Gasteiger partial charge in [-0.3, -0.25) is 27.8 Å². The van der Waals surface area contributed by atoms with Gasteiger partial charge in [0.05, 0.1) is 38.1 Å². The fraction of sp³-hybridized carbons (Fsp3) is 0.565. The fourth-order valence-electron chi connectivity index (χ4n) is 5.46. The van der Waals surface area contributed by atoms with Crippen molar-refractivity contribution in [2.45, 2.75) is 63.1 Å². The van der Waals surface area contributed by atoms with E-state index in [2.05, 4.69) is 29.9 Å². The van der Waals surface area contributed by atoms with E-state index >= 15 is 0 Å². The Balaban J connectivity index is 1.26. The van der Waals surface area contributed by atoms with Crippen molar-refractivity contribution in [3.05, 3.63) is 29.3 Å². The molecule has 8 atom stereocenters. The van der Waals surface area contributed by atoms with Crippen molar-refractivity contribution in [2.75, 3.05) is 24.7 Å². The number of nitrogens with one attached hydrogen (secondary N) is 1. The summed E-state index contributed by atoms with van der Waals surface area (Å²) in [4.78, 5) is 46.4. The molecule has 43 heavy (non-hydrogen) atoms. The third-order valence-corrected chi connectivity index (χ3v) is 9.19. The number of hydrogen-bond acceptors (Lipinski definition) is 14. The van der Waals surface area contributed by atoms with E-state index in [1.165, 1.54) is 23.5 Å². The number of nitrogen functional groups attached to an aromatic ring is 2. The molecule has 0 spiro atoms. The van der Waals surface area contributed by atoms with Crippen molar-refractivity contribution in [3.63, 3.8) is 0 Å². The van der Waals surface area contributed by atoms with Gasteiger partial charge in [0, 0.05) is 5.92 Å². The molecule has 0 amide bonds. The lowest BCUT2D eigenvalue weighted by Gasteiger charge is -2.31. The van der Waals surface area contributed by atoms with Gasteiger partial charge in [0.25, 0.3) is 5.56 Å². The summed E-state index contributed by atoms with van der Waals surface area (Å²) in [5.74, 6) is -0.601. The standard InChI is InChI=1S/C23H30FN10O7PS/c1-10(33-8-29-14-18(25)27-7-28-19(14)33)39-13-6-38-42(37,43)41-17-16(35)12(4-2-3-11(13)5-24)40-22(17)34-9-30-15-20(34)31-23(26)32-21(15)36/h7-13,16-17,22,35H,2-6H2,1H3,(H,37,43)(H2,25,27,28)(H3,26,31,32,36)/t10-,11-,12?,13?,16?,17?,22?,42?/m1/s1. The van der Waals surface area contributed by atoms with Crippen molar-refractivity contribution in [1.82, 2.24) is 39.0 Å². The molecule has 4 aromatic rings. The van der Waals surface area contributed by atoms with Crippen LogP contribution in [0.3, 0.4) is 0 Å². The highest BCUT2D eigenvalue weighted by Crippen LogP contribution is 2.51. The topological polar surface area (TPSA) is 237 Å². The second kappa shape index (κ2) is 11.7. The number of anilines is 2. The van der Waals surface area contributed by atoms with E-state index in [1.54, 1.807) is 11.5 Å². The molecule has 17 nitrogen and oxygen atoms in total. The van der Waals surface area contributed by atoms with Crippen molar-refractivity contribution >= 4 is 52.6 Å². The number of aromatic nitrogens is 8. The maximum absolute atomic E-state index is 14.4. The molecule has 6 rings (SSSR count). The minimum Gasteiger partial charge on any atom is -0.387 e. The number of ether oxygens (including phenoxy) is 2. The number of rotatable bonds is 5. The van der Waals surface area contributed by atoms with Crippen molar-refractivity contribution < 1.29 is 32.9 Å². The zero-order valence-electron chi connectivity index (χ0n) is 22.8. The molecule has 2 fully saturated rings. The van der Waals surface area contributed by atoms with E-state index in [4.69, 9.17) is 41.8 Å². The number of aliphatic hydroxyl groups excluding tert-OH is 1. The van der Waals surface area contributed by atoms with Gasteiger partial charge in [0.15, 0.2) is 28.9 Å². The number of aliphatic hydroxyl groups is 1. The van der Waals surface area contributed by atoms with Gasteiger partial charge in [-0.2, -0.15) is 4.98 Å². The summed E-state index contributed by atoms with van der Waals surface area (Å²) >= 11 is 5.30. The van der Waals surface area contributed by atoms with Gasteiger partial charge in [-0.05, 0) is 31.6 Å². The normalized spacial score (nSPS) is 31.2. The first-order chi connectivity index (χ1) is 20.6. The van der Waals surface area contributed by atoms with Gasteiger partial charge >= 0.3 is 6.72 Å². The summed E-state index contributed by atoms with van der Waals surface area (Å²) in [6.45, 7) is -3.41. The molecule has 2 aliphatic heterocycles. The molecule has 20 heteroatoms. The van der Waals surface area contributed by atoms with Crippen LogP contribution in [0.4, 0.5) is 16.2 Å². The van der Waals surface area contributed by atoms with Crippen LogP contribution in [0.2, 0.25) is 0 Å². The maximum atomic E-state index is 14.4. The monoisotopic (exact) mass is 640 g/mol. The third-order valence-electron chi connectivity index (χ3n) is 7.63. The number of fused-ring (bicyclic) bond motifs is 4. The Morgan fingerprint density at radius 3 is 2.81 bits per heavy atom. The van der Waals surface area contributed by atoms with E-state index < -0.39 is 61.7 Å². The first-order valence-electron chi connectivity index (χ1n) is 13.4. The second-order valence-corrected chi connectivity index (χ2v) is 13.2. The number of halogens is 1. The molecule has 7 N–H and O–H groups in total. The van der Waals surface area contributed by atoms with Crippen LogP contribution in [0.5, 0.6) is 0 Å². The van der Waals surface area contributed by atoms with Crippen LogP contribution < -0.4 is 17.0 Å². The number of nitrogens with zero attached hydrogens (tertiary/aromatic N) is 7. The predicted molar refractivity (Wildman–Crippen MR) is 152 cm³/mol. The smallest absolute Gasteiger partial charge is 0.325 e. The molecular formula is C23H30FN10O7PS. The first kappa shape index (κ1) is 29.9. The van der Waals surface area contributed by atoms with E-state index in [0.717, 1.165) is 0 Å². The molecule has 6 unspecified atom stereocenters. The molecule has 2 bridgehead atoms. The SMILES string of the molecule is C[C@@H](OC1COP(O)(=S)OC2C(O)C(CCC[C@@H]1CF)OC2n1cnc2c(=O)[nH]c(N)nc21)n1cnc2c(N)ncnc21. The molecule has 0 saturated carbocycles. The zero-order valence-corrected chi connectivity index (χ0v) is 24.5. The molecule has 0 aromatic carbocycles. The quantitative estimate of drug-likeness (QED) is 0.189. The lowest BCUT2D eigenvalue weighted by atomic mass is 9.95. The fourth-order valence-corrected chi connectivity index (χ4v) is 6.87. The highest BCUT2D eigenvalue weighted by Gasteiger charge is 2.48. The zero-order chi connectivity index (χ0) is 30.5. The minimum absolute atomic E-state index is 0.00759. The van der Waals surface area contributed by atoms with Crippen LogP contribution in [0.25, 0.3) is 22.3 Å². The van der Waals surface area contributed by atoms with Crippen LogP contribution >= 0.6 is 6.72 Å². The highest BCUT2D eigenvalue weighted by molar-refractivity contribution is 8.07. The molecule has 232 valence electrons. The number of H-pyrrole nitrogens is 1. The molecule has 6 heterocycles. The van der Waals surface area contributed by atoms with Crippen LogP contribution in [-0.2, 0) is 30.3 Å². The minimum atomic E-state index is -4.08. The molecule has 2 saturated heterocycles. The molecule has 4 aromatic heterocycles. The summed E-state index contributed by atoms with van der Waals surface area (Å²) < 4.78 is 41.3. The highest BCUT2D eigenvalue weighted by atomic mass is 32.5. The summed E-state index contributed by atoms with van der Waals surface area (Å²) in [6, 6.07) is 0. The second-order valence-electron chi connectivity index (χ2n) is 10.4. The van der Waals surface area contributed by atoms with E-state index in [1.807, 2.05) is 0 Å². The average molecular weight is 641 g/mol. The van der Waals surface area contributed by atoms with Crippen LogP contribution in [-0.4, -0.2) is 86.7 Å². The van der Waals surface area contributed by atoms with Crippen molar-refractivity contribution in [3.8, 4) is 0 Å². The number of hydrogen-bond donors (Lipinski definition) is 5. The third kappa shape index (κ3) is 5.74. The Morgan fingerprint density at radius 1 is 1.23 bits per heavy atom. The number of alkyl halides is 1. The summed E-state index contributed by atoms with van der Waals surface area (Å²) in [6.07, 6.45) is -0.696. The van der Waals surface area contributed by atoms with Gasteiger partial charge in [0.2, 0.25) is 5.95 Å². The van der Waals surface area contributed by atoms with Crippen molar-refractivity contribution in [2.24, 2.45) is 5.92 Å². The lowest BCUT2D eigenvalue weighted by molar-refractivity contribution is -0.0951. The van der Waals surface area contributed by atoms with Crippen LogP contribution in [0, 0.1) is 5.92 Å². The largest absolute Gasteiger partial charge is 0.387 e. The van der Waals surface area contributed by atoms with Gasteiger partial charge in [-0.1, -0.05) is 6.42 Å². The number of nitrogens with two attached hydrogens (primary N) is 2. The molecule has 2 aliphatic rings. The number of aromatic amines is 1. The van der Waals surface area contributed by atoms with E-state index in [-0.39, 0.29) is 29.5 Å². The van der Waals surface area contributed by atoms with E-state index in [9.17, 15) is 19.2 Å². The summed E-state index contributed by atoms with van der Waals surface area (Å²) in [5.41, 5.74) is 12.0. The summed E-state index contributed by atoms with van der Waals surface area (Å²) in [7, 11) is 0. The lowest BCUT2D eigenvalue weighted by Crippen LogP contribution is -2.36. The van der Waals surface area contributed by atoms with Gasteiger partial charge in [-0.15, -0.1) is 0 Å². The van der Waals surface area contributed by atoms with Crippen molar-refractivity contribution in [1.29, 1.82) is 0 Å². The Kier molecular flexibility index (Phi) is 8.16. The van der Waals surface area contributed by atoms with Crippen LogP contribution in [0.1, 0.15) is 38.6 Å². The van der Waals surface area contributed by atoms with Gasteiger partial charge in [-0.25, -0.2) is 19.9 Å². The Bertz CT molecular complexity index is 1740. The number of imidazole rings is 2. The van der Waals surface area contributed by atoms with Gasteiger partial charge < -0.3 is 35.5 Å². The van der Waals surface area contributed by atoms with E-state index in [0.29, 0.717) is 30.4 Å². The first-order valence-corrected chi connectivity index (χ1v) is 16.0. The predicted octanol–water partition coefficient (Wildman–Crippen LogP) is 0.674.